The van der Waals surface area contributed by atoms with Gasteiger partial charge in [0.15, 0.2) is 0 Å². The molecule has 0 atom stereocenters. The Bertz CT molecular complexity index is 841. The average Bonchev–Trinajstić information content (AvgIpc) is 3.09. The molecule has 0 saturated carbocycles. The van der Waals surface area contributed by atoms with Crippen LogP contribution in [0.1, 0.15) is 15.9 Å². The third-order valence-electron chi connectivity index (χ3n) is 3.10. The quantitative estimate of drug-likeness (QED) is 0.532. The molecule has 2 aromatic heterocycles. The second-order valence-corrected chi connectivity index (χ2v) is 5.39. The Balaban J connectivity index is 2.14. The highest BCUT2D eigenvalue weighted by atomic mass is 35.5. The number of carbonyl (C=O) groups excluding carboxylic acids is 1. The molecule has 0 aliphatic carbocycles. The zero-order valence-electron chi connectivity index (χ0n) is 11.7. The van der Waals surface area contributed by atoms with Crippen LogP contribution in [0, 0.1) is 0 Å². The van der Waals surface area contributed by atoms with Crippen LogP contribution in [0.5, 0.6) is 0 Å². The molecule has 0 fully saturated rings. The van der Waals surface area contributed by atoms with Crippen LogP contribution in [0.3, 0.4) is 0 Å². The van der Waals surface area contributed by atoms with E-state index in [9.17, 15) is 4.79 Å². The van der Waals surface area contributed by atoms with Gasteiger partial charge in [-0.1, -0.05) is 29.3 Å². The molecule has 0 radical (unpaired) electrons. The Labute approximate surface area is 142 Å². The fourth-order valence-corrected chi connectivity index (χ4v) is 2.51. The van der Waals surface area contributed by atoms with Gasteiger partial charge in [0.25, 0.3) is 0 Å². The van der Waals surface area contributed by atoms with Gasteiger partial charge >= 0.3 is 0 Å². The van der Waals surface area contributed by atoms with E-state index in [4.69, 9.17) is 23.2 Å². The molecule has 5 nitrogen and oxygen atoms in total. The van der Waals surface area contributed by atoms with Gasteiger partial charge < -0.3 is 0 Å². The van der Waals surface area contributed by atoms with E-state index in [1.807, 2.05) is 0 Å². The van der Waals surface area contributed by atoms with Gasteiger partial charge in [0.1, 0.15) is 18.4 Å². The minimum Gasteiger partial charge on any atom is -0.287 e. The minimum atomic E-state index is -0.264. The number of halogens is 2. The number of Topliss-reactive ketones (excluding diaryl/α,β-unsaturated/α-hetero) is 1. The summed E-state index contributed by atoms with van der Waals surface area (Å²) in [5, 5.41) is 4.91. The monoisotopic (exact) mass is 344 g/mol. The van der Waals surface area contributed by atoms with Gasteiger partial charge in [-0.25, -0.2) is 9.67 Å². The fraction of sp³-hybridized carbons (Fsp3) is 0. The second kappa shape index (κ2) is 6.73. The molecule has 0 saturated heterocycles. The molecule has 2 heterocycles. The summed E-state index contributed by atoms with van der Waals surface area (Å²) in [4.78, 5) is 20.6. The molecule has 0 bridgehead atoms. The number of pyridine rings is 1. The lowest BCUT2D eigenvalue weighted by molar-refractivity contribution is 0.105. The summed E-state index contributed by atoms with van der Waals surface area (Å²) in [6.45, 7) is 0. The highest BCUT2D eigenvalue weighted by molar-refractivity contribution is 6.38. The molecular weight excluding hydrogens is 335 g/mol. The van der Waals surface area contributed by atoms with Crippen molar-refractivity contribution >= 4 is 40.8 Å². The molecule has 0 amide bonds. The van der Waals surface area contributed by atoms with Crippen molar-refractivity contribution in [2.45, 2.75) is 0 Å². The summed E-state index contributed by atoms with van der Waals surface area (Å²) in [6.07, 6.45) is 7.46. The molecule has 0 aliphatic heterocycles. The topological polar surface area (TPSA) is 60.7 Å². The zero-order valence-corrected chi connectivity index (χ0v) is 13.2. The van der Waals surface area contributed by atoms with Crippen LogP contribution in [0.4, 0.5) is 0 Å². The van der Waals surface area contributed by atoms with Gasteiger partial charge in [0.2, 0.25) is 5.78 Å². The standard InChI is InChI=1S/C16H10Cl2N4O/c17-13-4-1-5-14(18)12(13)7-15(22-10-20-9-21-22)16(23)11-3-2-6-19-8-11/h1-10H/b15-7-. The minimum absolute atomic E-state index is 0.264. The van der Waals surface area contributed by atoms with E-state index >= 15 is 0 Å². The fourth-order valence-electron chi connectivity index (χ4n) is 2.00. The lowest BCUT2D eigenvalue weighted by Gasteiger charge is -2.08. The molecule has 114 valence electrons. The predicted octanol–water partition coefficient (Wildman–Crippen LogP) is 3.86. The van der Waals surface area contributed by atoms with Crippen molar-refractivity contribution in [3.05, 3.63) is 76.6 Å². The predicted molar refractivity (Wildman–Crippen MR) is 89.2 cm³/mol. The van der Waals surface area contributed by atoms with Gasteiger partial charge in [-0.05, 0) is 30.3 Å². The number of benzene rings is 1. The van der Waals surface area contributed by atoms with Gasteiger partial charge in [0.05, 0.1) is 0 Å². The summed E-state index contributed by atoms with van der Waals surface area (Å²) in [5.41, 5.74) is 1.24. The summed E-state index contributed by atoms with van der Waals surface area (Å²) >= 11 is 12.4. The number of aromatic nitrogens is 4. The van der Waals surface area contributed by atoms with Crippen molar-refractivity contribution in [1.82, 2.24) is 19.7 Å². The number of ketones is 1. The first kappa shape index (κ1) is 15.4. The molecule has 0 N–H and O–H groups in total. The maximum Gasteiger partial charge on any atom is 0.213 e. The Kier molecular flexibility index (Phi) is 4.50. The van der Waals surface area contributed by atoms with Crippen molar-refractivity contribution < 1.29 is 4.79 Å². The largest absolute Gasteiger partial charge is 0.287 e. The average molecular weight is 345 g/mol. The molecule has 23 heavy (non-hydrogen) atoms. The molecule has 1 aromatic carbocycles. The molecule has 3 aromatic rings. The number of hydrogen-bond acceptors (Lipinski definition) is 4. The van der Waals surface area contributed by atoms with Crippen LogP contribution in [0.25, 0.3) is 11.8 Å². The van der Waals surface area contributed by atoms with E-state index in [0.29, 0.717) is 21.2 Å². The van der Waals surface area contributed by atoms with Crippen LogP contribution in [-0.4, -0.2) is 25.5 Å². The van der Waals surface area contributed by atoms with Crippen molar-refractivity contribution in [1.29, 1.82) is 0 Å². The van der Waals surface area contributed by atoms with Crippen molar-refractivity contribution in [2.24, 2.45) is 0 Å². The first-order chi connectivity index (χ1) is 11.2. The first-order valence-corrected chi connectivity index (χ1v) is 7.38. The Morgan fingerprint density at radius 3 is 2.48 bits per heavy atom. The van der Waals surface area contributed by atoms with Crippen LogP contribution in [0.15, 0.2) is 55.4 Å². The zero-order chi connectivity index (χ0) is 16.2. The number of allylic oxidation sites excluding steroid dienone is 1. The summed E-state index contributed by atoms with van der Waals surface area (Å²) < 4.78 is 1.37. The van der Waals surface area contributed by atoms with Crippen molar-refractivity contribution in [2.75, 3.05) is 0 Å². The SMILES string of the molecule is O=C(/C(=C/c1c(Cl)cccc1Cl)n1cncn1)c1cccnc1. The van der Waals surface area contributed by atoms with Crippen LogP contribution in [-0.2, 0) is 0 Å². The summed E-state index contributed by atoms with van der Waals surface area (Å²) in [7, 11) is 0. The van der Waals surface area contributed by atoms with E-state index in [2.05, 4.69) is 15.1 Å². The molecule has 0 unspecified atom stereocenters. The van der Waals surface area contributed by atoms with Crippen LogP contribution < -0.4 is 0 Å². The van der Waals surface area contributed by atoms with Crippen molar-refractivity contribution in [3.8, 4) is 0 Å². The smallest absolute Gasteiger partial charge is 0.213 e. The van der Waals surface area contributed by atoms with E-state index in [-0.39, 0.29) is 11.5 Å². The number of rotatable bonds is 4. The van der Waals surface area contributed by atoms with Crippen molar-refractivity contribution in [3.63, 3.8) is 0 Å². The third kappa shape index (κ3) is 3.31. The number of hydrogen-bond donors (Lipinski definition) is 0. The Hall–Kier alpha value is -2.50. The Morgan fingerprint density at radius 1 is 1.09 bits per heavy atom. The van der Waals surface area contributed by atoms with Gasteiger partial charge in [-0.2, -0.15) is 5.10 Å². The summed E-state index contributed by atoms with van der Waals surface area (Å²) in [6, 6.07) is 8.50. The van der Waals surface area contributed by atoms with E-state index in [0.717, 1.165) is 0 Å². The lowest BCUT2D eigenvalue weighted by atomic mass is 10.1. The molecule has 7 heteroatoms. The van der Waals surface area contributed by atoms with E-state index in [1.165, 1.54) is 23.5 Å². The summed E-state index contributed by atoms with van der Waals surface area (Å²) in [5.74, 6) is -0.264. The van der Waals surface area contributed by atoms with Crippen LogP contribution >= 0.6 is 23.2 Å². The number of nitrogens with zero attached hydrogens (tertiary/aromatic N) is 4. The van der Waals surface area contributed by atoms with E-state index in [1.54, 1.807) is 42.6 Å². The molecule has 0 spiro atoms. The molecule has 3 rings (SSSR count). The lowest BCUT2D eigenvalue weighted by Crippen LogP contribution is -2.10. The Morgan fingerprint density at radius 2 is 1.87 bits per heavy atom. The van der Waals surface area contributed by atoms with Gasteiger partial charge in [0, 0.05) is 33.6 Å². The second-order valence-electron chi connectivity index (χ2n) is 4.58. The molecule has 0 aliphatic rings. The first-order valence-electron chi connectivity index (χ1n) is 6.62. The number of carbonyl (C=O) groups is 1. The third-order valence-corrected chi connectivity index (χ3v) is 3.76. The normalized spacial score (nSPS) is 11.5. The van der Waals surface area contributed by atoms with E-state index < -0.39 is 0 Å². The highest BCUT2D eigenvalue weighted by Crippen LogP contribution is 2.28. The molecular formula is C16H10Cl2N4O. The van der Waals surface area contributed by atoms with Gasteiger partial charge in [-0.15, -0.1) is 0 Å². The van der Waals surface area contributed by atoms with Crippen LogP contribution in [0.2, 0.25) is 10.0 Å². The highest BCUT2D eigenvalue weighted by Gasteiger charge is 2.17. The van der Waals surface area contributed by atoms with Gasteiger partial charge in [-0.3, -0.25) is 9.78 Å². The maximum absolute atomic E-state index is 12.8. The maximum atomic E-state index is 12.8.